The molecule has 2 nitrogen and oxygen atoms in total. The van der Waals surface area contributed by atoms with Gasteiger partial charge in [-0.05, 0) is 42.4 Å². The number of rotatable bonds is 4. The van der Waals surface area contributed by atoms with Crippen LogP contribution in [0.4, 0.5) is 4.39 Å². The highest BCUT2D eigenvalue weighted by Crippen LogP contribution is 2.23. The molecule has 0 radical (unpaired) electrons. The lowest BCUT2D eigenvalue weighted by Crippen LogP contribution is -2.39. The number of aliphatic hydroxyl groups is 1. The topological polar surface area (TPSA) is 23.5 Å². The second kappa shape index (κ2) is 6.49. The van der Waals surface area contributed by atoms with Gasteiger partial charge in [-0.1, -0.05) is 26.0 Å². The summed E-state index contributed by atoms with van der Waals surface area (Å²) < 4.78 is 12.8. The van der Waals surface area contributed by atoms with Gasteiger partial charge in [0.2, 0.25) is 0 Å². The highest BCUT2D eigenvalue weighted by Gasteiger charge is 2.22. The quantitative estimate of drug-likeness (QED) is 0.903. The first-order chi connectivity index (χ1) is 9.04. The molecule has 3 unspecified atom stereocenters. The third kappa shape index (κ3) is 4.29. The van der Waals surface area contributed by atoms with E-state index in [0.717, 1.165) is 37.0 Å². The van der Waals surface area contributed by atoms with Crippen molar-refractivity contribution in [2.75, 3.05) is 19.6 Å². The van der Waals surface area contributed by atoms with Gasteiger partial charge in [-0.15, -0.1) is 0 Å². The number of halogens is 1. The molecule has 0 aliphatic carbocycles. The third-order valence-electron chi connectivity index (χ3n) is 3.92. The van der Waals surface area contributed by atoms with Gasteiger partial charge in [0.05, 0.1) is 6.10 Å². The zero-order chi connectivity index (χ0) is 13.8. The van der Waals surface area contributed by atoms with Crippen molar-refractivity contribution in [3.8, 4) is 0 Å². The van der Waals surface area contributed by atoms with Crippen LogP contribution in [0.5, 0.6) is 0 Å². The zero-order valence-electron chi connectivity index (χ0n) is 11.8. The van der Waals surface area contributed by atoms with E-state index in [1.807, 2.05) is 0 Å². The summed E-state index contributed by atoms with van der Waals surface area (Å²) in [5.41, 5.74) is 0.805. The SMILES string of the molecule is CC1CC(C)CN(CCC(O)c2ccc(F)cc2)C1. The Balaban J connectivity index is 1.83. The maximum Gasteiger partial charge on any atom is 0.123 e. The average molecular weight is 265 g/mol. The van der Waals surface area contributed by atoms with Crippen LogP contribution in [0.25, 0.3) is 0 Å². The summed E-state index contributed by atoms with van der Waals surface area (Å²) in [7, 11) is 0. The van der Waals surface area contributed by atoms with E-state index in [-0.39, 0.29) is 5.82 Å². The standard InChI is InChI=1S/C16H24FNO/c1-12-9-13(2)11-18(10-12)8-7-16(19)14-3-5-15(17)6-4-14/h3-6,12-13,16,19H,7-11H2,1-2H3. The average Bonchev–Trinajstić information content (AvgIpc) is 2.36. The van der Waals surface area contributed by atoms with Crippen molar-refractivity contribution in [1.82, 2.24) is 4.90 Å². The van der Waals surface area contributed by atoms with Gasteiger partial charge in [-0.3, -0.25) is 0 Å². The van der Waals surface area contributed by atoms with Crippen molar-refractivity contribution < 1.29 is 9.50 Å². The minimum atomic E-state index is -0.492. The van der Waals surface area contributed by atoms with E-state index in [1.165, 1.54) is 18.6 Å². The molecule has 0 amide bonds. The molecule has 19 heavy (non-hydrogen) atoms. The molecule has 1 aliphatic rings. The Morgan fingerprint density at radius 2 is 1.79 bits per heavy atom. The maximum atomic E-state index is 12.8. The van der Waals surface area contributed by atoms with E-state index >= 15 is 0 Å². The lowest BCUT2D eigenvalue weighted by molar-refractivity contribution is 0.103. The van der Waals surface area contributed by atoms with E-state index in [1.54, 1.807) is 12.1 Å². The largest absolute Gasteiger partial charge is 0.388 e. The van der Waals surface area contributed by atoms with Crippen LogP contribution in [0.2, 0.25) is 0 Å². The first-order valence-electron chi connectivity index (χ1n) is 7.20. The van der Waals surface area contributed by atoms with Gasteiger partial charge in [0.15, 0.2) is 0 Å². The lowest BCUT2D eigenvalue weighted by Gasteiger charge is -2.35. The summed E-state index contributed by atoms with van der Waals surface area (Å²) in [6.07, 6.45) is 1.52. The van der Waals surface area contributed by atoms with Crippen molar-refractivity contribution in [2.24, 2.45) is 11.8 Å². The van der Waals surface area contributed by atoms with Crippen molar-refractivity contribution in [1.29, 1.82) is 0 Å². The van der Waals surface area contributed by atoms with Crippen molar-refractivity contribution in [3.05, 3.63) is 35.6 Å². The van der Waals surface area contributed by atoms with E-state index in [4.69, 9.17) is 0 Å². The first kappa shape index (κ1) is 14.5. The van der Waals surface area contributed by atoms with E-state index in [2.05, 4.69) is 18.7 Å². The molecule has 1 saturated heterocycles. The van der Waals surface area contributed by atoms with Gasteiger partial charge >= 0.3 is 0 Å². The van der Waals surface area contributed by atoms with E-state index in [0.29, 0.717) is 6.42 Å². The Morgan fingerprint density at radius 3 is 2.37 bits per heavy atom. The Bertz CT molecular complexity index is 382. The molecule has 1 aromatic rings. The molecule has 0 bridgehead atoms. The number of hydrogen-bond acceptors (Lipinski definition) is 2. The Labute approximate surface area is 115 Å². The minimum Gasteiger partial charge on any atom is -0.388 e. The molecule has 0 spiro atoms. The smallest absolute Gasteiger partial charge is 0.123 e. The Kier molecular flexibility index (Phi) is 4.94. The summed E-state index contributed by atoms with van der Waals surface area (Å²) >= 11 is 0. The predicted octanol–water partition coefficient (Wildman–Crippen LogP) is 3.23. The van der Waals surface area contributed by atoms with Crippen LogP contribution in [0.3, 0.4) is 0 Å². The van der Waals surface area contributed by atoms with Crippen molar-refractivity contribution >= 4 is 0 Å². The molecule has 3 heteroatoms. The molecule has 1 N–H and O–H groups in total. The Morgan fingerprint density at radius 1 is 1.21 bits per heavy atom. The molecular weight excluding hydrogens is 241 g/mol. The van der Waals surface area contributed by atoms with Gasteiger partial charge in [0.1, 0.15) is 5.82 Å². The number of benzene rings is 1. The van der Waals surface area contributed by atoms with Gasteiger partial charge < -0.3 is 10.0 Å². The van der Waals surface area contributed by atoms with Crippen LogP contribution >= 0.6 is 0 Å². The third-order valence-corrected chi connectivity index (χ3v) is 3.92. The number of likely N-dealkylation sites (tertiary alicyclic amines) is 1. The van der Waals surface area contributed by atoms with Crippen LogP contribution in [-0.4, -0.2) is 29.6 Å². The molecule has 1 aliphatic heterocycles. The highest BCUT2D eigenvalue weighted by molar-refractivity contribution is 5.18. The van der Waals surface area contributed by atoms with Crippen LogP contribution in [0.15, 0.2) is 24.3 Å². The zero-order valence-corrected chi connectivity index (χ0v) is 11.8. The first-order valence-corrected chi connectivity index (χ1v) is 7.20. The summed E-state index contributed by atoms with van der Waals surface area (Å²) in [5.74, 6) is 1.23. The molecule has 106 valence electrons. The molecule has 3 atom stereocenters. The number of nitrogens with zero attached hydrogens (tertiary/aromatic N) is 1. The molecule has 1 aromatic carbocycles. The van der Waals surface area contributed by atoms with Crippen molar-refractivity contribution in [3.63, 3.8) is 0 Å². The van der Waals surface area contributed by atoms with Gasteiger partial charge in [-0.2, -0.15) is 0 Å². The second-order valence-electron chi connectivity index (χ2n) is 6.06. The fourth-order valence-electron chi connectivity index (χ4n) is 3.13. The van der Waals surface area contributed by atoms with Crippen LogP contribution in [-0.2, 0) is 0 Å². The molecular formula is C16H24FNO. The van der Waals surface area contributed by atoms with Crippen LogP contribution < -0.4 is 0 Å². The van der Waals surface area contributed by atoms with Crippen LogP contribution in [0.1, 0.15) is 38.4 Å². The number of piperidine rings is 1. The molecule has 0 aromatic heterocycles. The predicted molar refractivity (Wildman–Crippen MR) is 75.4 cm³/mol. The van der Waals surface area contributed by atoms with Gasteiger partial charge in [0, 0.05) is 19.6 Å². The van der Waals surface area contributed by atoms with Gasteiger partial charge in [0.25, 0.3) is 0 Å². The second-order valence-corrected chi connectivity index (χ2v) is 6.06. The Hall–Kier alpha value is -0.930. The van der Waals surface area contributed by atoms with Crippen LogP contribution in [0, 0.1) is 17.7 Å². The van der Waals surface area contributed by atoms with E-state index in [9.17, 15) is 9.50 Å². The summed E-state index contributed by atoms with van der Waals surface area (Å²) in [4.78, 5) is 2.44. The summed E-state index contributed by atoms with van der Waals surface area (Å²) in [5, 5.41) is 10.1. The van der Waals surface area contributed by atoms with Gasteiger partial charge in [-0.25, -0.2) is 4.39 Å². The fraction of sp³-hybridized carbons (Fsp3) is 0.625. The highest BCUT2D eigenvalue weighted by atomic mass is 19.1. The normalized spacial score (nSPS) is 26.3. The monoisotopic (exact) mass is 265 g/mol. The number of hydrogen-bond donors (Lipinski definition) is 1. The molecule has 1 heterocycles. The van der Waals surface area contributed by atoms with E-state index < -0.39 is 6.10 Å². The minimum absolute atomic E-state index is 0.255. The number of aliphatic hydroxyl groups excluding tert-OH is 1. The summed E-state index contributed by atoms with van der Waals surface area (Å²) in [6.45, 7) is 7.74. The van der Waals surface area contributed by atoms with Crippen molar-refractivity contribution in [2.45, 2.75) is 32.8 Å². The summed E-state index contributed by atoms with van der Waals surface area (Å²) in [6, 6.07) is 6.15. The molecule has 0 saturated carbocycles. The molecule has 1 fully saturated rings. The molecule has 2 rings (SSSR count). The fourth-order valence-corrected chi connectivity index (χ4v) is 3.13. The lowest BCUT2D eigenvalue weighted by atomic mass is 9.91. The maximum absolute atomic E-state index is 12.8.